The fourth-order valence-electron chi connectivity index (χ4n) is 1.71. The highest BCUT2D eigenvalue weighted by atomic mass is 79.9. The van der Waals surface area contributed by atoms with Gasteiger partial charge >= 0.3 is 0 Å². The normalized spacial score (nSPS) is 10.1. The summed E-state index contributed by atoms with van der Waals surface area (Å²) in [6.45, 7) is 0. The Morgan fingerprint density at radius 2 is 1.89 bits per heavy atom. The Hall–Kier alpha value is -1.88. The van der Waals surface area contributed by atoms with Crippen molar-refractivity contribution in [3.05, 3.63) is 52.3 Å². The van der Waals surface area contributed by atoms with E-state index in [0.717, 1.165) is 4.47 Å². The standard InChI is InChI=1S/C14H12BrNO3/c1-18-11-4-3-7-16-13(11)14(17)10-6-5-9(15)8-12(10)19-2/h3-8H,1-2H3. The van der Waals surface area contributed by atoms with E-state index in [9.17, 15) is 4.79 Å². The van der Waals surface area contributed by atoms with Gasteiger partial charge in [-0.3, -0.25) is 4.79 Å². The summed E-state index contributed by atoms with van der Waals surface area (Å²) in [6.07, 6.45) is 1.56. The molecule has 0 aliphatic rings. The number of ether oxygens (including phenoxy) is 2. The topological polar surface area (TPSA) is 48.4 Å². The predicted molar refractivity (Wildman–Crippen MR) is 74.9 cm³/mol. The van der Waals surface area contributed by atoms with Gasteiger partial charge in [0.1, 0.15) is 11.5 Å². The Labute approximate surface area is 119 Å². The number of aromatic nitrogens is 1. The number of benzene rings is 1. The van der Waals surface area contributed by atoms with E-state index in [-0.39, 0.29) is 11.5 Å². The second kappa shape index (κ2) is 5.84. The van der Waals surface area contributed by atoms with Crippen LogP contribution < -0.4 is 9.47 Å². The molecule has 0 unspecified atom stereocenters. The van der Waals surface area contributed by atoms with E-state index in [0.29, 0.717) is 17.1 Å². The van der Waals surface area contributed by atoms with E-state index >= 15 is 0 Å². The highest BCUT2D eigenvalue weighted by Crippen LogP contribution is 2.27. The van der Waals surface area contributed by atoms with Crippen LogP contribution in [0, 0.1) is 0 Å². The lowest BCUT2D eigenvalue weighted by Gasteiger charge is -2.09. The SMILES string of the molecule is COc1cc(Br)ccc1C(=O)c1ncccc1OC. The lowest BCUT2D eigenvalue weighted by atomic mass is 10.1. The van der Waals surface area contributed by atoms with Crippen LogP contribution in [0.1, 0.15) is 16.1 Å². The van der Waals surface area contributed by atoms with Gasteiger partial charge in [0, 0.05) is 10.7 Å². The summed E-state index contributed by atoms with van der Waals surface area (Å²) in [5.41, 5.74) is 0.716. The van der Waals surface area contributed by atoms with Gasteiger partial charge in [0.05, 0.1) is 19.8 Å². The van der Waals surface area contributed by atoms with Crippen molar-refractivity contribution in [3.63, 3.8) is 0 Å². The van der Waals surface area contributed by atoms with Crippen molar-refractivity contribution in [1.82, 2.24) is 4.98 Å². The molecule has 0 atom stereocenters. The first kappa shape index (κ1) is 13.5. The number of rotatable bonds is 4. The molecule has 5 heteroatoms. The van der Waals surface area contributed by atoms with E-state index in [4.69, 9.17) is 9.47 Å². The quantitative estimate of drug-likeness (QED) is 0.812. The lowest BCUT2D eigenvalue weighted by molar-refractivity contribution is 0.102. The molecule has 0 bridgehead atoms. The van der Waals surface area contributed by atoms with Crippen LogP contribution in [0.5, 0.6) is 11.5 Å². The zero-order chi connectivity index (χ0) is 13.8. The maximum Gasteiger partial charge on any atom is 0.218 e. The highest BCUT2D eigenvalue weighted by Gasteiger charge is 2.19. The number of hydrogen-bond donors (Lipinski definition) is 0. The molecule has 0 aliphatic carbocycles. The van der Waals surface area contributed by atoms with E-state index < -0.39 is 0 Å². The van der Waals surface area contributed by atoms with Crippen LogP contribution in [-0.4, -0.2) is 25.0 Å². The maximum atomic E-state index is 12.5. The maximum absolute atomic E-state index is 12.5. The summed E-state index contributed by atoms with van der Waals surface area (Å²) in [4.78, 5) is 16.6. The molecule has 0 saturated carbocycles. The number of carbonyl (C=O) groups excluding carboxylic acids is 1. The zero-order valence-corrected chi connectivity index (χ0v) is 12.1. The van der Waals surface area contributed by atoms with Crippen molar-refractivity contribution in [2.75, 3.05) is 14.2 Å². The van der Waals surface area contributed by atoms with Crippen LogP contribution in [0.2, 0.25) is 0 Å². The summed E-state index contributed by atoms with van der Waals surface area (Å²) in [5.74, 6) is 0.700. The molecule has 1 aromatic heterocycles. The van der Waals surface area contributed by atoms with E-state index in [1.807, 2.05) is 0 Å². The van der Waals surface area contributed by atoms with Gasteiger partial charge in [-0.25, -0.2) is 4.98 Å². The molecule has 0 amide bonds. The van der Waals surface area contributed by atoms with Gasteiger partial charge in [0.2, 0.25) is 5.78 Å². The third kappa shape index (κ3) is 2.76. The summed E-state index contributed by atoms with van der Waals surface area (Å²) in [7, 11) is 3.03. The number of nitrogens with zero attached hydrogens (tertiary/aromatic N) is 1. The smallest absolute Gasteiger partial charge is 0.218 e. The third-order valence-corrected chi connectivity index (χ3v) is 3.11. The van der Waals surface area contributed by atoms with Gasteiger partial charge in [0.15, 0.2) is 5.69 Å². The average molecular weight is 322 g/mol. The van der Waals surface area contributed by atoms with Crippen LogP contribution in [0.4, 0.5) is 0 Å². The minimum absolute atomic E-state index is 0.234. The first-order chi connectivity index (χ1) is 9.17. The van der Waals surface area contributed by atoms with Gasteiger partial charge in [-0.1, -0.05) is 15.9 Å². The Morgan fingerprint density at radius 3 is 2.58 bits per heavy atom. The molecule has 0 fully saturated rings. The minimum Gasteiger partial charge on any atom is -0.496 e. The van der Waals surface area contributed by atoms with E-state index in [1.54, 1.807) is 36.5 Å². The monoisotopic (exact) mass is 321 g/mol. The van der Waals surface area contributed by atoms with E-state index in [2.05, 4.69) is 20.9 Å². The zero-order valence-electron chi connectivity index (χ0n) is 10.5. The summed E-state index contributed by atoms with van der Waals surface area (Å²) >= 11 is 3.34. The second-order valence-corrected chi connectivity index (χ2v) is 4.64. The van der Waals surface area contributed by atoms with Crippen molar-refractivity contribution in [2.24, 2.45) is 0 Å². The van der Waals surface area contributed by atoms with Crippen molar-refractivity contribution >= 4 is 21.7 Å². The largest absolute Gasteiger partial charge is 0.496 e. The first-order valence-electron chi connectivity index (χ1n) is 5.54. The number of ketones is 1. The second-order valence-electron chi connectivity index (χ2n) is 3.73. The van der Waals surface area contributed by atoms with Crippen molar-refractivity contribution < 1.29 is 14.3 Å². The molecule has 2 rings (SSSR count). The van der Waals surface area contributed by atoms with Crippen LogP contribution in [-0.2, 0) is 0 Å². The number of pyridine rings is 1. The highest BCUT2D eigenvalue weighted by molar-refractivity contribution is 9.10. The van der Waals surface area contributed by atoms with Crippen molar-refractivity contribution in [1.29, 1.82) is 0 Å². The van der Waals surface area contributed by atoms with Gasteiger partial charge in [-0.15, -0.1) is 0 Å². The molecule has 0 saturated heterocycles. The molecular weight excluding hydrogens is 310 g/mol. The Morgan fingerprint density at radius 1 is 1.16 bits per heavy atom. The average Bonchev–Trinajstić information content (AvgIpc) is 2.46. The molecule has 0 spiro atoms. The number of halogens is 1. The fourth-order valence-corrected chi connectivity index (χ4v) is 2.05. The lowest BCUT2D eigenvalue weighted by Crippen LogP contribution is -2.08. The van der Waals surface area contributed by atoms with Crippen LogP contribution >= 0.6 is 15.9 Å². The Balaban J connectivity index is 2.50. The Kier molecular flexibility index (Phi) is 4.16. The number of hydrogen-bond acceptors (Lipinski definition) is 4. The molecule has 4 nitrogen and oxygen atoms in total. The summed E-state index contributed by atoms with van der Waals surface area (Å²) < 4.78 is 11.2. The van der Waals surface area contributed by atoms with Crippen LogP contribution in [0.3, 0.4) is 0 Å². The number of carbonyl (C=O) groups is 1. The van der Waals surface area contributed by atoms with Crippen molar-refractivity contribution in [2.45, 2.75) is 0 Å². The Bertz CT molecular complexity index is 613. The molecular formula is C14H12BrNO3. The fraction of sp³-hybridized carbons (Fsp3) is 0.143. The number of methoxy groups -OCH3 is 2. The van der Waals surface area contributed by atoms with Gasteiger partial charge in [0.25, 0.3) is 0 Å². The van der Waals surface area contributed by atoms with Gasteiger partial charge < -0.3 is 9.47 Å². The van der Waals surface area contributed by atoms with Gasteiger partial charge in [-0.2, -0.15) is 0 Å². The summed E-state index contributed by atoms with van der Waals surface area (Å²) in [5, 5.41) is 0. The summed E-state index contributed by atoms with van der Waals surface area (Å²) in [6, 6.07) is 8.63. The molecule has 1 heterocycles. The minimum atomic E-state index is -0.234. The van der Waals surface area contributed by atoms with Crippen LogP contribution in [0.25, 0.3) is 0 Å². The van der Waals surface area contributed by atoms with Crippen LogP contribution in [0.15, 0.2) is 41.0 Å². The molecule has 0 radical (unpaired) electrons. The predicted octanol–water partition coefficient (Wildman–Crippen LogP) is 3.09. The van der Waals surface area contributed by atoms with Gasteiger partial charge in [-0.05, 0) is 30.3 Å². The molecule has 98 valence electrons. The molecule has 0 N–H and O–H groups in total. The first-order valence-corrected chi connectivity index (χ1v) is 6.34. The molecule has 1 aromatic carbocycles. The molecule has 0 aliphatic heterocycles. The van der Waals surface area contributed by atoms with Crippen molar-refractivity contribution in [3.8, 4) is 11.5 Å². The van der Waals surface area contributed by atoms with E-state index in [1.165, 1.54) is 14.2 Å². The molecule has 19 heavy (non-hydrogen) atoms. The molecule has 2 aromatic rings. The third-order valence-electron chi connectivity index (χ3n) is 2.61.